The Hall–Kier alpha value is -2.70. The van der Waals surface area contributed by atoms with Crippen LogP contribution >= 0.6 is 15.9 Å². The molecule has 3 aromatic carbocycles. The van der Waals surface area contributed by atoms with Gasteiger partial charge >= 0.3 is 0 Å². The third-order valence-corrected chi connectivity index (χ3v) is 6.18. The monoisotopic (exact) mass is 498 g/mol. The van der Waals surface area contributed by atoms with Crippen molar-refractivity contribution in [3.63, 3.8) is 0 Å². The number of halogens is 1. The van der Waals surface area contributed by atoms with Crippen LogP contribution in [-0.2, 0) is 19.5 Å². The zero-order valence-electron chi connectivity index (χ0n) is 18.5. The molecule has 0 fully saturated rings. The zero-order valence-corrected chi connectivity index (χ0v) is 20.1. The maximum atomic E-state index is 5.59. The second-order valence-electron chi connectivity index (χ2n) is 7.84. The summed E-state index contributed by atoms with van der Waals surface area (Å²) >= 11 is 3.62. The topological polar surface area (TPSA) is 41.4 Å². The van der Waals surface area contributed by atoms with E-state index in [-0.39, 0.29) is 0 Å². The van der Waals surface area contributed by atoms with E-state index in [9.17, 15) is 0 Å². The van der Waals surface area contributed by atoms with Gasteiger partial charge in [0.05, 0.1) is 24.7 Å². The fourth-order valence-electron chi connectivity index (χ4n) is 3.92. The van der Waals surface area contributed by atoms with Gasteiger partial charge in [0, 0.05) is 17.5 Å². The van der Waals surface area contributed by atoms with Crippen molar-refractivity contribution < 1.29 is 23.8 Å². The molecular formula is C26H29BrNO4+. The van der Waals surface area contributed by atoms with Crippen LogP contribution in [0.4, 0.5) is 0 Å². The van der Waals surface area contributed by atoms with E-state index in [0.717, 1.165) is 53.5 Å². The van der Waals surface area contributed by atoms with Crippen LogP contribution in [0.25, 0.3) is 0 Å². The molecule has 32 heavy (non-hydrogen) atoms. The molecule has 1 N–H and O–H groups in total. The molecule has 1 heterocycles. The molecule has 3 aromatic rings. The second-order valence-corrected chi connectivity index (χ2v) is 8.69. The average molecular weight is 499 g/mol. The fourth-order valence-corrected chi connectivity index (χ4v) is 4.51. The Balaban J connectivity index is 1.48. The first-order valence-corrected chi connectivity index (χ1v) is 11.7. The van der Waals surface area contributed by atoms with Gasteiger partial charge in [-0.2, -0.15) is 0 Å². The molecule has 168 valence electrons. The number of hydrogen-bond donors (Lipinski definition) is 1. The first kappa shape index (κ1) is 22.5. The summed E-state index contributed by atoms with van der Waals surface area (Å²) in [6.07, 6.45) is 0.959. The molecular weight excluding hydrogens is 470 g/mol. The normalized spacial score (nSPS) is 13.1. The van der Waals surface area contributed by atoms with E-state index in [1.165, 1.54) is 21.6 Å². The van der Waals surface area contributed by atoms with Gasteiger partial charge in [-0.25, -0.2) is 0 Å². The molecule has 0 radical (unpaired) electrons. The Morgan fingerprint density at radius 1 is 0.875 bits per heavy atom. The average Bonchev–Trinajstić information content (AvgIpc) is 3.27. The minimum Gasteiger partial charge on any atom is -0.496 e. The van der Waals surface area contributed by atoms with E-state index in [4.69, 9.17) is 18.9 Å². The highest BCUT2D eigenvalue weighted by Crippen LogP contribution is 2.32. The molecule has 0 aromatic heterocycles. The van der Waals surface area contributed by atoms with Crippen molar-refractivity contribution in [2.24, 2.45) is 0 Å². The van der Waals surface area contributed by atoms with Gasteiger partial charge in [0.25, 0.3) is 0 Å². The lowest BCUT2D eigenvalue weighted by Crippen LogP contribution is -3.09. The van der Waals surface area contributed by atoms with Gasteiger partial charge in [-0.1, -0.05) is 6.07 Å². The Morgan fingerprint density at radius 2 is 1.59 bits per heavy atom. The highest BCUT2D eigenvalue weighted by Gasteiger charge is 2.16. The summed E-state index contributed by atoms with van der Waals surface area (Å²) < 4.78 is 22.9. The van der Waals surface area contributed by atoms with Crippen molar-refractivity contribution in [1.29, 1.82) is 0 Å². The van der Waals surface area contributed by atoms with Crippen LogP contribution in [0, 0.1) is 0 Å². The van der Waals surface area contributed by atoms with E-state index in [0.29, 0.717) is 13.4 Å². The minimum atomic E-state index is 0.306. The highest BCUT2D eigenvalue weighted by atomic mass is 79.9. The summed E-state index contributed by atoms with van der Waals surface area (Å²) in [6, 6.07) is 21.0. The first-order chi connectivity index (χ1) is 15.6. The van der Waals surface area contributed by atoms with Gasteiger partial charge in [0.1, 0.15) is 24.6 Å². The molecule has 0 saturated heterocycles. The van der Waals surface area contributed by atoms with E-state index in [1.54, 1.807) is 7.11 Å². The quantitative estimate of drug-likeness (QED) is 0.449. The Morgan fingerprint density at radius 3 is 2.34 bits per heavy atom. The van der Waals surface area contributed by atoms with Crippen LogP contribution in [0.5, 0.6) is 23.0 Å². The highest BCUT2D eigenvalue weighted by molar-refractivity contribution is 9.10. The van der Waals surface area contributed by atoms with Crippen molar-refractivity contribution in [2.45, 2.75) is 26.4 Å². The van der Waals surface area contributed by atoms with Crippen LogP contribution in [0.2, 0.25) is 0 Å². The summed E-state index contributed by atoms with van der Waals surface area (Å²) in [7, 11) is 1.69. The maximum Gasteiger partial charge on any atom is 0.231 e. The largest absolute Gasteiger partial charge is 0.496 e. The van der Waals surface area contributed by atoms with E-state index < -0.39 is 0 Å². The van der Waals surface area contributed by atoms with Crippen LogP contribution < -0.4 is 23.8 Å². The lowest BCUT2D eigenvalue weighted by molar-refractivity contribution is -0.927. The molecule has 1 aliphatic heterocycles. The lowest BCUT2D eigenvalue weighted by atomic mass is 10.1. The molecule has 0 bridgehead atoms. The number of nitrogens with one attached hydrogen (secondary N) is 1. The molecule has 1 atom stereocenters. The maximum absolute atomic E-state index is 5.59. The van der Waals surface area contributed by atoms with Crippen LogP contribution in [0.3, 0.4) is 0 Å². The van der Waals surface area contributed by atoms with Gasteiger partial charge < -0.3 is 23.8 Å². The van der Waals surface area contributed by atoms with Gasteiger partial charge in [-0.05, 0) is 83.0 Å². The molecule has 1 unspecified atom stereocenters. The molecule has 0 spiro atoms. The number of fused-ring (bicyclic) bond motifs is 1. The fraction of sp³-hybridized carbons (Fsp3) is 0.308. The van der Waals surface area contributed by atoms with Gasteiger partial charge in [-0.3, -0.25) is 0 Å². The predicted molar refractivity (Wildman–Crippen MR) is 128 cm³/mol. The summed E-state index contributed by atoms with van der Waals surface area (Å²) in [4.78, 5) is 1.48. The van der Waals surface area contributed by atoms with Crippen LogP contribution in [0.15, 0.2) is 65.1 Å². The molecule has 1 aliphatic rings. The molecule has 6 heteroatoms. The third-order valence-electron chi connectivity index (χ3n) is 5.56. The number of benzene rings is 3. The van der Waals surface area contributed by atoms with Crippen LogP contribution in [-0.4, -0.2) is 27.1 Å². The smallest absolute Gasteiger partial charge is 0.231 e. The SMILES string of the molecule is CCOc1ccc(C[NH+](CCc2ccc3c(c2)OCO3)Cc2ccc(OC)c(Br)c2)cc1. The molecule has 0 amide bonds. The Labute approximate surface area is 198 Å². The number of hydrogen-bond acceptors (Lipinski definition) is 4. The molecule has 4 rings (SSSR count). The van der Waals surface area contributed by atoms with Crippen molar-refractivity contribution in [2.75, 3.05) is 27.1 Å². The predicted octanol–water partition coefficient (Wildman–Crippen LogP) is 4.41. The summed E-state index contributed by atoms with van der Waals surface area (Å²) in [5, 5.41) is 0. The number of methoxy groups -OCH3 is 1. The minimum absolute atomic E-state index is 0.306. The Kier molecular flexibility index (Phi) is 7.55. The van der Waals surface area contributed by atoms with Crippen molar-refractivity contribution in [1.82, 2.24) is 0 Å². The number of quaternary nitrogens is 1. The van der Waals surface area contributed by atoms with E-state index in [2.05, 4.69) is 64.5 Å². The summed E-state index contributed by atoms with van der Waals surface area (Å²) in [6.45, 7) is 5.83. The van der Waals surface area contributed by atoms with Crippen molar-refractivity contribution in [3.05, 3.63) is 81.8 Å². The van der Waals surface area contributed by atoms with Crippen molar-refractivity contribution in [3.8, 4) is 23.0 Å². The number of rotatable bonds is 10. The standard InChI is InChI=1S/C26H28BrNO4/c1-3-30-22-8-4-20(5-9-22)16-28(17-21-7-10-24(29-2)23(27)14-21)13-12-19-6-11-25-26(15-19)32-18-31-25/h4-11,14-15H,3,12-13,16-18H2,1-2H3/p+1. The first-order valence-electron chi connectivity index (χ1n) is 10.9. The number of ether oxygens (including phenoxy) is 4. The lowest BCUT2D eigenvalue weighted by Gasteiger charge is -2.21. The summed E-state index contributed by atoms with van der Waals surface area (Å²) in [5.74, 6) is 3.43. The summed E-state index contributed by atoms with van der Waals surface area (Å²) in [5.41, 5.74) is 3.82. The molecule has 5 nitrogen and oxygen atoms in total. The van der Waals surface area contributed by atoms with Crippen LogP contribution in [0.1, 0.15) is 23.6 Å². The zero-order chi connectivity index (χ0) is 22.3. The molecule has 0 saturated carbocycles. The second kappa shape index (κ2) is 10.7. The van der Waals surface area contributed by atoms with Gasteiger partial charge in [0.2, 0.25) is 6.79 Å². The van der Waals surface area contributed by atoms with E-state index >= 15 is 0 Å². The third kappa shape index (κ3) is 5.75. The Bertz CT molecular complexity index is 1040. The van der Waals surface area contributed by atoms with Crippen molar-refractivity contribution >= 4 is 15.9 Å². The van der Waals surface area contributed by atoms with Gasteiger partial charge in [-0.15, -0.1) is 0 Å². The van der Waals surface area contributed by atoms with Gasteiger partial charge in [0.15, 0.2) is 11.5 Å². The molecule has 0 aliphatic carbocycles. The van der Waals surface area contributed by atoms with E-state index in [1.807, 2.05) is 19.1 Å².